The van der Waals surface area contributed by atoms with Crippen LogP contribution in [0.2, 0.25) is 0 Å². The molecule has 0 aromatic heterocycles. The fourth-order valence-electron chi connectivity index (χ4n) is 3.55. The number of ether oxygens (including phenoxy) is 1. The SMILES string of the molecule is O=C(O)c1ccc(NC(=O)c2cccc(S(=O)(=O)Nc3ccc(C(=O)N4CCOCC4)cc3)c2)cc1. The molecule has 1 aliphatic rings. The third-order valence-corrected chi connectivity index (χ3v) is 6.86. The Labute approximate surface area is 207 Å². The van der Waals surface area contributed by atoms with Crippen LogP contribution in [-0.2, 0) is 14.8 Å². The number of hydrogen-bond donors (Lipinski definition) is 3. The molecule has 4 rings (SSSR count). The van der Waals surface area contributed by atoms with E-state index in [0.29, 0.717) is 37.6 Å². The predicted molar refractivity (Wildman–Crippen MR) is 132 cm³/mol. The third kappa shape index (κ3) is 5.88. The molecule has 0 aliphatic carbocycles. The van der Waals surface area contributed by atoms with Gasteiger partial charge in [0.25, 0.3) is 21.8 Å². The van der Waals surface area contributed by atoms with Gasteiger partial charge in [-0.1, -0.05) is 6.07 Å². The minimum atomic E-state index is -4.02. The molecule has 186 valence electrons. The first-order chi connectivity index (χ1) is 17.2. The van der Waals surface area contributed by atoms with E-state index in [-0.39, 0.29) is 27.6 Å². The van der Waals surface area contributed by atoms with Crippen molar-refractivity contribution in [2.45, 2.75) is 4.90 Å². The van der Waals surface area contributed by atoms with Crippen LogP contribution in [-0.4, -0.2) is 62.5 Å². The number of nitrogens with one attached hydrogen (secondary N) is 2. The maximum atomic E-state index is 12.9. The number of carboxylic acid groups (broad SMARTS) is 1. The summed E-state index contributed by atoms with van der Waals surface area (Å²) in [6, 6.07) is 17.2. The van der Waals surface area contributed by atoms with Crippen molar-refractivity contribution in [1.82, 2.24) is 4.90 Å². The van der Waals surface area contributed by atoms with E-state index < -0.39 is 21.9 Å². The highest BCUT2D eigenvalue weighted by atomic mass is 32.2. The summed E-state index contributed by atoms with van der Waals surface area (Å²) >= 11 is 0. The summed E-state index contributed by atoms with van der Waals surface area (Å²) in [6.45, 7) is 1.98. The fourth-order valence-corrected chi connectivity index (χ4v) is 4.65. The van der Waals surface area contributed by atoms with E-state index in [1.807, 2.05) is 0 Å². The van der Waals surface area contributed by atoms with Gasteiger partial charge in [-0.15, -0.1) is 0 Å². The van der Waals surface area contributed by atoms with Crippen molar-refractivity contribution in [3.05, 3.63) is 89.5 Å². The molecule has 0 atom stereocenters. The number of benzene rings is 3. The lowest BCUT2D eigenvalue weighted by Crippen LogP contribution is -2.40. The summed E-state index contributed by atoms with van der Waals surface area (Å²) in [5.74, 6) is -1.79. The number of aromatic carboxylic acids is 1. The second kappa shape index (κ2) is 10.6. The Morgan fingerprint density at radius 1 is 0.806 bits per heavy atom. The average molecular weight is 510 g/mol. The molecule has 1 aliphatic heterocycles. The summed E-state index contributed by atoms with van der Waals surface area (Å²) in [5, 5.41) is 11.6. The summed E-state index contributed by atoms with van der Waals surface area (Å²) in [5.41, 5.74) is 1.25. The Bertz CT molecular complexity index is 1380. The van der Waals surface area contributed by atoms with Gasteiger partial charge in [0, 0.05) is 35.6 Å². The number of amides is 2. The van der Waals surface area contributed by atoms with Gasteiger partial charge in [-0.25, -0.2) is 13.2 Å². The third-order valence-electron chi connectivity index (χ3n) is 5.48. The fraction of sp³-hybridized carbons (Fsp3) is 0.160. The molecule has 3 aromatic rings. The van der Waals surface area contributed by atoms with Crippen molar-refractivity contribution in [2.75, 3.05) is 36.3 Å². The zero-order chi connectivity index (χ0) is 25.7. The van der Waals surface area contributed by atoms with Crippen molar-refractivity contribution in [3.8, 4) is 0 Å². The van der Waals surface area contributed by atoms with Crippen molar-refractivity contribution < 1.29 is 32.6 Å². The van der Waals surface area contributed by atoms with Crippen LogP contribution in [0.15, 0.2) is 77.7 Å². The zero-order valence-corrected chi connectivity index (χ0v) is 19.8. The van der Waals surface area contributed by atoms with Gasteiger partial charge in [0.05, 0.1) is 23.7 Å². The van der Waals surface area contributed by atoms with Gasteiger partial charge in [0.15, 0.2) is 0 Å². The van der Waals surface area contributed by atoms with Gasteiger partial charge in [-0.3, -0.25) is 14.3 Å². The van der Waals surface area contributed by atoms with E-state index in [1.54, 1.807) is 17.0 Å². The number of nitrogens with zero attached hydrogens (tertiary/aromatic N) is 1. The Hall–Kier alpha value is -4.22. The number of sulfonamides is 1. The van der Waals surface area contributed by atoms with Gasteiger partial charge >= 0.3 is 5.97 Å². The van der Waals surface area contributed by atoms with E-state index in [2.05, 4.69) is 10.0 Å². The highest BCUT2D eigenvalue weighted by Crippen LogP contribution is 2.20. The topological polar surface area (TPSA) is 142 Å². The average Bonchev–Trinajstić information content (AvgIpc) is 2.89. The second-order valence-corrected chi connectivity index (χ2v) is 9.63. The molecule has 0 spiro atoms. The van der Waals surface area contributed by atoms with E-state index in [0.717, 1.165) is 0 Å². The largest absolute Gasteiger partial charge is 0.478 e. The molecule has 1 heterocycles. The maximum Gasteiger partial charge on any atom is 0.335 e. The van der Waals surface area contributed by atoms with Crippen LogP contribution in [0.5, 0.6) is 0 Å². The molecule has 1 saturated heterocycles. The Balaban J connectivity index is 1.44. The number of hydrogen-bond acceptors (Lipinski definition) is 6. The van der Waals surface area contributed by atoms with Crippen LogP contribution in [0.4, 0.5) is 11.4 Å². The molecule has 1 fully saturated rings. The van der Waals surface area contributed by atoms with Crippen LogP contribution < -0.4 is 10.0 Å². The first-order valence-corrected chi connectivity index (χ1v) is 12.5. The van der Waals surface area contributed by atoms with E-state index >= 15 is 0 Å². The van der Waals surface area contributed by atoms with Crippen molar-refractivity contribution in [3.63, 3.8) is 0 Å². The number of carboxylic acids is 1. The highest BCUT2D eigenvalue weighted by molar-refractivity contribution is 7.92. The highest BCUT2D eigenvalue weighted by Gasteiger charge is 2.20. The first kappa shape index (κ1) is 24.9. The molecule has 0 radical (unpaired) electrons. The molecule has 0 unspecified atom stereocenters. The Morgan fingerprint density at radius 3 is 2.06 bits per heavy atom. The van der Waals surface area contributed by atoms with Crippen LogP contribution >= 0.6 is 0 Å². The van der Waals surface area contributed by atoms with Crippen LogP contribution in [0.3, 0.4) is 0 Å². The molecule has 10 nitrogen and oxygen atoms in total. The Kier molecular flexibility index (Phi) is 7.32. The quantitative estimate of drug-likeness (QED) is 0.445. The zero-order valence-electron chi connectivity index (χ0n) is 19.0. The van der Waals surface area contributed by atoms with Gasteiger partial charge in [-0.2, -0.15) is 0 Å². The number of carbonyl (C=O) groups is 3. The summed E-state index contributed by atoms with van der Waals surface area (Å²) < 4.78 is 33.5. The van der Waals surface area contributed by atoms with Crippen molar-refractivity contribution >= 4 is 39.2 Å². The van der Waals surface area contributed by atoms with Crippen molar-refractivity contribution in [1.29, 1.82) is 0 Å². The minimum absolute atomic E-state index is 0.0747. The number of morpholine rings is 1. The van der Waals surface area contributed by atoms with Gasteiger partial charge < -0.3 is 20.1 Å². The van der Waals surface area contributed by atoms with E-state index in [4.69, 9.17) is 9.84 Å². The van der Waals surface area contributed by atoms with Crippen LogP contribution in [0, 0.1) is 0 Å². The number of anilines is 2. The lowest BCUT2D eigenvalue weighted by atomic mass is 10.2. The molecular weight excluding hydrogens is 486 g/mol. The molecule has 0 saturated carbocycles. The molecule has 3 aromatic carbocycles. The molecule has 36 heavy (non-hydrogen) atoms. The van der Waals surface area contributed by atoms with Crippen LogP contribution in [0.25, 0.3) is 0 Å². The van der Waals surface area contributed by atoms with Gasteiger partial charge in [0.1, 0.15) is 0 Å². The smallest absolute Gasteiger partial charge is 0.335 e. The summed E-state index contributed by atoms with van der Waals surface area (Å²) in [6.07, 6.45) is 0. The van der Waals surface area contributed by atoms with Crippen LogP contribution in [0.1, 0.15) is 31.1 Å². The monoisotopic (exact) mass is 509 g/mol. The second-order valence-electron chi connectivity index (χ2n) is 7.95. The number of carbonyl (C=O) groups excluding carboxylic acids is 2. The standard InChI is InChI=1S/C25H23N3O7S/c29-23(26-20-8-6-18(7-9-20)25(31)32)19-2-1-3-22(16-19)36(33,34)27-21-10-4-17(5-11-21)24(30)28-12-14-35-15-13-28/h1-11,16,27H,12-15H2,(H,26,29)(H,31,32). The number of rotatable bonds is 7. The van der Waals surface area contributed by atoms with Gasteiger partial charge in [0.2, 0.25) is 0 Å². The normalized spacial score (nSPS) is 13.6. The maximum absolute atomic E-state index is 12.9. The predicted octanol–water partition coefficient (Wildman–Crippen LogP) is 2.91. The van der Waals surface area contributed by atoms with E-state index in [9.17, 15) is 22.8 Å². The summed E-state index contributed by atoms with van der Waals surface area (Å²) in [4.78, 5) is 37.7. The lowest BCUT2D eigenvalue weighted by Gasteiger charge is -2.26. The van der Waals surface area contributed by atoms with E-state index in [1.165, 1.54) is 60.7 Å². The lowest BCUT2D eigenvalue weighted by molar-refractivity contribution is 0.0303. The molecule has 3 N–H and O–H groups in total. The molecular formula is C25H23N3O7S. The Morgan fingerprint density at radius 2 is 1.42 bits per heavy atom. The minimum Gasteiger partial charge on any atom is -0.478 e. The van der Waals surface area contributed by atoms with Gasteiger partial charge in [-0.05, 0) is 66.7 Å². The molecule has 0 bridgehead atoms. The molecule has 11 heteroatoms. The molecule has 2 amide bonds. The van der Waals surface area contributed by atoms with Crippen molar-refractivity contribution in [2.24, 2.45) is 0 Å². The summed E-state index contributed by atoms with van der Waals surface area (Å²) in [7, 11) is -4.02. The first-order valence-electron chi connectivity index (χ1n) is 11.0.